The fourth-order valence-electron chi connectivity index (χ4n) is 7.69. The molecule has 0 aromatic carbocycles. The predicted octanol–water partition coefficient (Wildman–Crippen LogP) is 2.67. The first-order valence-corrected chi connectivity index (χ1v) is 15.4. The number of hydrogen-bond donors (Lipinski definition) is 2. The van der Waals surface area contributed by atoms with Gasteiger partial charge < -0.3 is 19.9 Å². The number of nitrogens with zero attached hydrogens (tertiary/aromatic N) is 5. The minimum Gasteiger partial charge on any atom is -0.463 e. The van der Waals surface area contributed by atoms with Gasteiger partial charge in [-0.2, -0.15) is 4.98 Å². The van der Waals surface area contributed by atoms with Crippen LogP contribution in [0.1, 0.15) is 93.7 Å². The number of nitrogens with one attached hydrogen (secondary N) is 1. The molecular formula is C30H45N7O8. The van der Waals surface area contributed by atoms with Crippen molar-refractivity contribution in [2.45, 2.75) is 128 Å². The first-order chi connectivity index (χ1) is 20.7. The summed E-state index contributed by atoms with van der Waals surface area (Å²) in [5, 5.41) is 27.8. The molecule has 3 N–H and O–H groups in total. The van der Waals surface area contributed by atoms with E-state index in [0.29, 0.717) is 25.7 Å². The van der Waals surface area contributed by atoms with Gasteiger partial charge in [-0.05, 0) is 81.1 Å². The maximum atomic E-state index is 13.6. The van der Waals surface area contributed by atoms with E-state index in [-0.39, 0.29) is 30.1 Å². The molecule has 0 spiro atoms. The van der Waals surface area contributed by atoms with Crippen molar-refractivity contribution < 1.29 is 34.2 Å². The minimum absolute atomic E-state index is 0.0694. The zero-order valence-corrected chi connectivity index (χ0v) is 27.3. The Morgan fingerprint density at radius 3 is 1.98 bits per heavy atom. The number of hydrogen-bond acceptors (Lipinski definition) is 11. The van der Waals surface area contributed by atoms with E-state index in [1.807, 2.05) is 55.4 Å². The van der Waals surface area contributed by atoms with Gasteiger partial charge in [-0.15, -0.1) is 20.5 Å². The number of fused-ring (bicyclic) bond motifs is 1. The summed E-state index contributed by atoms with van der Waals surface area (Å²) >= 11 is 0. The molecule has 3 saturated heterocycles. The summed E-state index contributed by atoms with van der Waals surface area (Å²) in [6.45, 7) is 14.3. The molecule has 3 fully saturated rings. The molecule has 0 amide bonds. The fraction of sp³-hybridized carbons (Fsp3) is 0.767. The van der Waals surface area contributed by atoms with Crippen LogP contribution in [0.3, 0.4) is 0 Å². The lowest BCUT2D eigenvalue weighted by Crippen LogP contribution is -2.59. The zero-order chi connectivity index (χ0) is 33.3. The van der Waals surface area contributed by atoms with E-state index in [1.54, 1.807) is 4.57 Å². The molecule has 0 saturated carbocycles. The highest BCUT2D eigenvalue weighted by Gasteiger charge is 2.51. The van der Waals surface area contributed by atoms with Crippen LogP contribution in [-0.4, -0.2) is 82.6 Å². The summed E-state index contributed by atoms with van der Waals surface area (Å²) in [6, 6.07) is 0. The Hall–Kier alpha value is -3.11. The number of hydroxylamine groups is 4. The quantitative estimate of drug-likeness (QED) is 0.445. The summed E-state index contributed by atoms with van der Waals surface area (Å²) < 4.78 is 19.7. The number of imidazole rings is 1. The van der Waals surface area contributed by atoms with Gasteiger partial charge in [-0.1, -0.05) is 0 Å². The third-order valence-corrected chi connectivity index (χ3v) is 9.45. The van der Waals surface area contributed by atoms with Gasteiger partial charge in [-0.3, -0.25) is 23.9 Å². The predicted molar refractivity (Wildman–Crippen MR) is 159 cm³/mol. The van der Waals surface area contributed by atoms with E-state index in [2.05, 4.69) is 15.0 Å². The van der Waals surface area contributed by atoms with Gasteiger partial charge >= 0.3 is 11.9 Å². The molecule has 45 heavy (non-hydrogen) atoms. The zero-order valence-electron chi connectivity index (χ0n) is 27.3. The van der Waals surface area contributed by atoms with E-state index < -0.39 is 69.9 Å². The summed E-state index contributed by atoms with van der Waals surface area (Å²) in [7, 11) is 0. The summed E-state index contributed by atoms with van der Waals surface area (Å²) in [5.74, 6) is -2.04. The highest BCUT2D eigenvalue weighted by Crippen LogP contribution is 2.43. The van der Waals surface area contributed by atoms with Crippen molar-refractivity contribution in [1.82, 2.24) is 29.6 Å². The van der Waals surface area contributed by atoms with Gasteiger partial charge in [0.25, 0.3) is 5.56 Å². The number of ether oxygens (including phenoxy) is 3. The first-order valence-electron chi connectivity index (χ1n) is 15.4. The number of nitrogen functional groups attached to an aromatic ring is 1. The van der Waals surface area contributed by atoms with E-state index in [4.69, 9.17) is 19.9 Å². The Labute approximate surface area is 261 Å². The third kappa shape index (κ3) is 6.32. The van der Waals surface area contributed by atoms with Gasteiger partial charge in [-0.25, -0.2) is 4.98 Å². The molecule has 15 nitrogen and oxygen atoms in total. The van der Waals surface area contributed by atoms with Crippen LogP contribution < -0.4 is 11.3 Å². The molecule has 3 atom stereocenters. The molecular weight excluding hydrogens is 586 g/mol. The standard InChI is InChI=1S/C30H45N7O8/c1-27(2)10-16(11-28(3,4)36(27)41)24(39)43-14-19-18(45-25(40)17-12-29(5,6)37(42)30(7,8)13-17)9-20(44-19)35-15-32-21-22(35)33-26(31)34-23(21)38/h15-20H,9-14H2,1-8H3,(H3,31,33,34,38)/t18-,19+,20+/m0/s1. The Morgan fingerprint density at radius 1 is 0.933 bits per heavy atom. The molecule has 15 heteroatoms. The molecule has 0 bridgehead atoms. The maximum Gasteiger partial charge on any atom is 0.309 e. The largest absolute Gasteiger partial charge is 0.463 e. The molecule has 2 aromatic heterocycles. The number of piperidine rings is 2. The lowest BCUT2D eigenvalue weighted by Gasteiger charge is -2.49. The van der Waals surface area contributed by atoms with E-state index in [0.717, 1.165) is 10.1 Å². The van der Waals surface area contributed by atoms with Gasteiger partial charge in [0.05, 0.1) is 18.2 Å². The molecule has 0 unspecified atom stereocenters. The van der Waals surface area contributed by atoms with Crippen molar-refractivity contribution in [1.29, 1.82) is 0 Å². The number of H-pyrrole nitrogens is 1. The van der Waals surface area contributed by atoms with Crippen molar-refractivity contribution in [2.75, 3.05) is 12.3 Å². The Balaban J connectivity index is 1.36. The van der Waals surface area contributed by atoms with Crippen molar-refractivity contribution in [3.63, 3.8) is 0 Å². The fourth-order valence-corrected chi connectivity index (χ4v) is 7.69. The average Bonchev–Trinajstić information content (AvgIpc) is 3.52. The van der Waals surface area contributed by atoms with Crippen LogP contribution in [0, 0.1) is 11.8 Å². The summed E-state index contributed by atoms with van der Waals surface area (Å²) in [4.78, 5) is 50.1. The van der Waals surface area contributed by atoms with Crippen LogP contribution in [0.15, 0.2) is 11.1 Å². The van der Waals surface area contributed by atoms with Crippen LogP contribution in [0.4, 0.5) is 5.95 Å². The van der Waals surface area contributed by atoms with Gasteiger partial charge in [0.15, 0.2) is 11.2 Å². The van der Waals surface area contributed by atoms with Crippen molar-refractivity contribution in [3.05, 3.63) is 16.7 Å². The van der Waals surface area contributed by atoms with Crippen LogP contribution in [-0.2, 0) is 34.2 Å². The Bertz CT molecular complexity index is 1480. The van der Waals surface area contributed by atoms with Crippen molar-refractivity contribution >= 4 is 29.1 Å². The SMILES string of the molecule is CC1(C)CC(C(=O)OC[C@H]2O[C@@H](n3cnc4c(=O)[nH]c(N)nc43)C[C@@H]2OC(=O)C2CC(C)(C)N([O])C(C)(C)C2)CC(C)(C)N1[O]. The smallest absolute Gasteiger partial charge is 0.309 e. The Kier molecular flexibility index (Phi) is 8.35. The number of anilines is 1. The number of nitrogens with two attached hydrogens (primary N) is 1. The molecule has 2 aromatic rings. The number of aromatic nitrogens is 4. The molecule has 3 aliphatic rings. The van der Waals surface area contributed by atoms with Gasteiger partial charge in [0.1, 0.15) is 25.0 Å². The van der Waals surface area contributed by atoms with Crippen molar-refractivity contribution in [2.24, 2.45) is 11.8 Å². The van der Waals surface area contributed by atoms with Crippen LogP contribution >= 0.6 is 0 Å². The lowest BCUT2D eigenvalue weighted by molar-refractivity contribution is -0.294. The summed E-state index contributed by atoms with van der Waals surface area (Å²) in [6.07, 6.45) is 0.435. The number of rotatable bonds is 6. The number of carbonyl (C=O) groups excluding carboxylic acids is 2. The number of carbonyl (C=O) groups is 2. The van der Waals surface area contributed by atoms with Gasteiger partial charge in [0.2, 0.25) is 5.95 Å². The second-order valence-corrected chi connectivity index (χ2v) is 15.3. The molecule has 5 heterocycles. The highest BCUT2D eigenvalue weighted by atomic mass is 16.6. The van der Waals surface area contributed by atoms with E-state index >= 15 is 0 Å². The first kappa shape index (κ1) is 33.3. The molecule has 5 rings (SSSR count). The second-order valence-electron chi connectivity index (χ2n) is 15.3. The average molecular weight is 632 g/mol. The van der Waals surface area contributed by atoms with Crippen LogP contribution in [0.2, 0.25) is 0 Å². The van der Waals surface area contributed by atoms with Crippen LogP contribution in [0.25, 0.3) is 11.2 Å². The van der Waals surface area contributed by atoms with Gasteiger partial charge in [0, 0.05) is 28.6 Å². The second kappa shape index (κ2) is 11.3. The third-order valence-electron chi connectivity index (χ3n) is 9.45. The van der Waals surface area contributed by atoms with Crippen molar-refractivity contribution in [3.8, 4) is 0 Å². The number of aromatic amines is 1. The summed E-state index contributed by atoms with van der Waals surface area (Å²) in [5.41, 5.74) is 2.49. The minimum atomic E-state index is -0.846. The molecule has 3 aliphatic heterocycles. The van der Waals surface area contributed by atoms with Crippen LogP contribution in [0.5, 0.6) is 0 Å². The molecule has 2 radical (unpaired) electrons. The number of esters is 2. The highest BCUT2D eigenvalue weighted by molar-refractivity contribution is 5.74. The normalized spacial score (nSPS) is 28.7. The maximum absolute atomic E-state index is 13.6. The lowest BCUT2D eigenvalue weighted by atomic mass is 9.75. The topological polar surface area (TPSA) is 198 Å². The monoisotopic (exact) mass is 631 g/mol. The Morgan fingerprint density at radius 2 is 1.44 bits per heavy atom. The van der Waals surface area contributed by atoms with E-state index in [1.165, 1.54) is 6.33 Å². The molecule has 248 valence electrons. The molecule has 0 aliphatic carbocycles. The van der Waals surface area contributed by atoms with E-state index in [9.17, 15) is 24.8 Å².